The number of phosphoric acid groups is 2. The van der Waals surface area contributed by atoms with Crippen molar-refractivity contribution in [3.8, 4) is 0 Å². The summed E-state index contributed by atoms with van der Waals surface area (Å²) in [5, 5.41) is 0. The van der Waals surface area contributed by atoms with Crippen LogP contribution in [0.1, 0.15) is 27.7 Å². The van der Waals surface area contributed by atoms with Gasteiger partial charge in [-0.25, -0.2) is 0 Å². The summed E-state index contributed by atoms with van der Waals surface area (Å²) in [4.78, 5) is 20.8. The molecule has 0 unspecified atom stereocenters. The zero-order valence-electron chi connectivity index (χ0n) is 11.8. The molecule has 0 N–H and O–H groups in total. The standard InChI is InChI=1S/2C4H11O4P.O.V/c2*1-3-7-9(5,6)8-4-2;;/h2*3-4H2,1-2H3,(H,5,6);;/q;;;+2/p-2. The van der Waals surface area contributed by atoms with E-state index in [-0.39, 0.29) is 26.4 Å². The molecule has 0 amide bonds. The Bertz CT molecular complexity index is 254. The van der Waals surface area contributed by atoms with Gasteiger partial charge in [-0.1, -0.05) is 0 Å². The van der Waals surface area contributed by atoms with Gasteiger partial charge in [-0.15, -0.1) is 0 Å². The molecule has 0 saturated carbocycles. The average molecular weight is 373 g/mol. The van der Waals surface area contributed by atoms with E-state index in [0.29, 0.717) is 0 Å². The Hall–Kier alpha value is 0.604. The molecule has 20 heavy (non-hydrogen) atoms. The Morgan fingerprint density at radius 3 is 0.950 bits per heavy atom. The molecule has 0 radical (unpaired) electrons. The first-order valence-electron chi connectivity index (χ1n) is 5.63. The number of rotatable bonds is 8. The molecule has 0 atom stereocenters. The summed E-state index contributed by atoms with van der Waals surface area (Å²) in [5.41, 5.74) is 0. The maximum absolute atomic E-state index is 10.4. The minimum atomic E-state index is -3.94. The van der Waals surface area contributed by atoms with Gasteiger partial charge in [0.2, 0.25) is 0 Å². The molecular weight excluding hydrogens is 353 g/mol. The van der Waals surface area contributed by atoms with E-state index in [1.807, 2.05) is 0 Å². The van der Waals surface area contributed by atoms with Crippen LogP contribution in [0.25, 0.3) is 0 Å². The van der Waals surface area contributed by atoms with Crippen molar-refractivity contribution in [3.63, 3.8) is 0 Å². The van der Waals surface area contributed by atoms with E-state index in [1.54, 1.807) is 27.7 Å². The Kier molecular flexibility index (Phi) is 20.4. The van der Waals surface area contributed by atoms with Crippen LogP contribution in [0.5, 0.6) is 0 Å². The SMILES string of the molecule is CCOP(=O)([O-])OCC.CCOP(=O)([O-])OCC.[O]=[V+2]. The van der Waals surface area contributed by atoms with E-state index >= 15 is 0 Å². The first-order valence-corrected chi connectivity index (χ1v) is 9.12. The molecule has 0 aliphatic heterocycles. The van der Waals surface area contributed by atoms with Crippen molar-refractivity contribution in [3.05, 3.63) is 0 Å². The molecule has 9 nitrogen and oxygen atoms in total. The van der Waals surface area contributed by atoms with Gasteiger partial charge in [-0.05, 0) is 27.7 Å². The number of phosphoric ester groups is 2. The van der Waals surface area contributed by atoms with Crippen molar-refractivity contribution >= 4 is 15.6 Å². The maximum atomic E-state index is 10.4. The Labute approximate surface area is 128 Å². The molecule has 0 aliphatic rings. The number of hydrogen-bond donors (Lipinski definition) is 0. The van der Waals surface area contributed by atoms with Gasteiger partial charge in [0.05, 0.1) is 26.4 Å². The van der Waals surface area contributed by atoms with E-state index in [2.05, 4.69) is 18.1 Å². The van der Waals surface area contributed by atoms with Gasteiger partial charge < -0.3 is 27.9 Å². The molecule has 0 aromatic heterocycles. The third-order valence-corrected chi connectivity index (χ3v) is 3.45. The van der Waals surface area contributed by atoms with Crippen LogP contribution in [-0.4, -0.2) is 26.4 Å². The van der Waals surface area contributed by atoms with Crippen molar-refractivity contribution in [2.45, 2.75) is 27.7 Å². The van der Waals surface area contributed by atoms with Crippen LogP contribution in [0.3, 0.4) is 0 Å². The summed E-state index contributed by atoms with van der Waals surface area (Å²) < 4.78 is 46.0. The molecule has 0 aromatic carbocycles. The Morgan fingerprint density at radius 1 is 0.700 bits per heavy atom. The summed E-state index contributed by atoms with van der Waals surface area (Å²) in [7, 11) is -7.89. The van der Waals surface area contributed by atoms with E-state index in [9.17, 15) is 18.9 Å². The van der Waals surface area contributed by atoms with E-state index in [1.165, 1.54) is 0 Å². The summed E-state index contributed by atoms with van der Waals surface area (Å²) in [6.07, 6.45) is 0. The molecule has 0 aromatic rings. The molecule has 0 rings (SSSR count). The Balaban J connectivity index is -0.000000257. The van der Waals surface area contributed by atoms with E-state index in [4.69, 9.17) is 3.67 Å². The van der Waals surface area contributed by atoms with E-state index < -0.39 is 15.6 Å². The normalized spacial score (nSPS) is 11.0. The quantitative estimate of drug-likeness (QED) is 0.570. The fourth-order valence-corrected chi connectivity index (χ4v) is 2.12. The van der Waals surface area contributed by atoms with Crippen molar-refractivity contribution in [2.75, 3.05) is 26.4 Å². The molecular formula is C8H20O9P2V. The predicted molar refractivity (Wildman–Crippen MR) is 62.4 cm³/mol. The van der Waals surface area contributed by atoms with Gasteiger partial charge in [0.25, 0.3) is 15.6 Å². The van der Waals surface area contributed by atoms with Crippen molar-refractivity contribution in [1.29, 1.82) is 0 Å². The summed E-state index contributed by atoms with van der Waals surface area (Å²) >= 11 is 1.06. The monoisotopic (exact) mass is 373 g/mol. The van der Waals surface area contributed by atoms with Crippen LogP contribution >= 0.6 is 15.6 Å². The molecule has 0 spiro atoms. The molecule has 12 heteroatoms. The Morgan fingerprint density at radius 2 is 0.850 bits per heavy atom. The zero-order valence-corrected chi connectivity index (χ0v) is 15.0. The molecule has 0 fully saturated rings. The van der Waals surface area contributed by atoms with Crippen LogP contribution in [-0.2, 0) is 48.3 Å². The van der Waals surface area contributed by atoms with Crippen LogP contribution < -0.4 is 9.79 Å². The van der Waals surface area contributed by atoms with Gasteiger partial charge in [0, 0.05) is 0 Å². The second kappa shape index (κ2) is 16.0. The average Bonchev–Trinajstić information content (AvgIpc) is 2.31. The summed E-state index contributed by atoms with van der Waals surface area (Å²) in [6, 6.07) is 0. The van der Waals surface area contributed by atoms with Gasteiger partial charge in [0.1, 0.15) is 0 Å². The van der Waals surface area contributed by atoms with Crippen LogP contribution in [0.4, 0.5) is 0 Å². The second-order valence-corrected chi connectivity index (χ2v) is 5.39. The third kappa shape index (κ3) is 20.9. The fraction of sp³-hybridized carbons (Fsp3) is 1.00. The van der Waals surface area contributed by atoms with Gasteiger partial charge in [-0.2, -0.15) is 0 Å². The first kappa shape index (κ1) is 25.6. The molecule has 121 valence electrons. The van der Waals surface area contributed by atoms with Gasteiger partial charge >= 0.3 is 21.0 Å². The number of hydrogen-bond acceptors (Lipinski definition) is 9. The summed E-state index contributed by atoms with van der Waals surface area (Å²) in [5.74, 6) is 0. The molecule has 0 bridgehead atoms. The fourth-order valence-electron chi connectivity index (χ4n) is 0.707. The van der Waals surface area contributed by atoms with Crippen LogP contribution in [0.2, 0.25) is 0 Å². The topological polar surface area (TPSA) is 134 Å². The molecule has 0 aliphatic carbocycles. The van der Waals surface area contributed by atoms with Crippen LogP contribution in [0, 0.1) is 0 Å². The summed E-state index contributed by atoms with van der Waals surface area (Å²) in [6.45, 7) is 6.85. The van der Waals surface area contributed by atoms with Gasteiger partial charge in [0.15, 0.2) is 0 Å². The van der Waals surface area contributed by atoms with Gasteiger partial charge in [-0.3, -0.25) is 9.13 Å². The zero-order chi connectivity index (χ0) is 16.7. The minimum absolute atomic E-state index is 0.126. The van der Waals surface area contributed by atoms with Crippen molar-refractivity contribution in [2.24, 2.45) is 0 Å². The first-order chi connectivity index (χ1) is 9.24. The van der Waals surface area contributed by atoms with Crippen molar-refractivity contribution < 1.29 is 58.1 Å². The molecule has 0 heterocycles. The second-order valence-electron chi connectivity index (χ2n) is 2.57. The third-order valence-electron chi connectivity index (χ3n) is 1.15. The molecule has 0 saturated heterocycles. The van der Waals surface area contributed by atoms with E-state index in [0.717, 1.165) is 17.4 Å². The van der Waals surface area contributed by atoms with Crippen LogP contribution in [0.15, 0.2) is 0 Å². The van der Waals surface area contributed by atoms with Crippen molar-refractivity contribution in [1.82, 2.24) is 0 Å². The predicted octanol–water partition coefficient (Wildman–Crippen LogP) is 0.934.